The van der Waals surface area contributed by atoms with Crippen LogP contribution in [0.4, 0.5) is 0 Å². The van der Waals surface area contributed by atoms with Crippen LogP contribution in [0.25, 0.3) is 12.2 Å². The zero-order valence-electron chi connectivity index (χ0n) is 14.2. The molecule has 0 aliphatic rings. The minimum absolute atomic E-state index is 0.804. The number of hydrogen-bond donors (Lipinski definition) is 0. The summed E-state index contributed by atoms with van der Waals surface area (Å²) in [6, 6.07) is 13.6. The first-order valence-electron chi connectivity index (χ1n) is 7.64. The molecule has 0 saturated carbocycles. The Balaban J connectivity index is 1.97. The molecular formula is C21H22O3. The van der Waals surface area contributed by atoms with Gasteiger partial charge in [-0.25, -0.2) is 0 Å². The van der Waals surface area contributed by atoms with E-state index < -0.39 is 0 Å². The van der Waals surface area contributed by atoms with Crippen molar-refractivity contribution in [2.75, 3.05) is 21.3 Å². The highest BCUT2D eigenvalue weighted by atomic mass is 16.5. The topological polar surface area (TPSA) is 27.7 Å². The van der Waals surface area contributed by atoms with Gasteiger partial charge in [-0.2, -0.15) is 0 Å². The lowest BCUT2D eigenvalue weighted by molar-refractivity contribution is 0.402. The summed E-state index contributed by atoms with van der Waals surface area (Å²) in [6.45, 7) is 0. The molecule has 3 nitrogen and oxygen atoms in total. The first kappa shape index (κ1) is 17.4. The van der Waals surface area contributed by atoms with Crippen LogP contribution in [0.5, 0.6) is 17.2 Å². The average Bonchev–Trinajstić information content (AvgIpc) is 2.64. The van der Waals surface area contributed by atoms with Gasteiger partial charge in [0, 0.05) is 5.56 Å². The van der Waals surface area contributed by atoms with E-state index in [1.807, 2.05) is 78.9 Å². The van der Waals surface area contributed by atoms with Gasteiger partial charge >= 0.3 is 0 Å². The normalized spacial score (nSPS) is 11.5. The SMILES string of the molecule is COc1ccc(C=CC=CC=Cc2cc(OC)ccc2OC)cc1. The molecule has 0 N–H and O–H groups in total. The van der Waals surface area contributed by atoms with Crippen molar-refractivity contribution in [2.24, 2.45) is 0 Å². The maximum absolute atomic E-state index is 5.34. The van der Waals surface area contributed by atoms with E-state index in [-0.39, 0.29) is 0 Å². The molecule has 0 unspecified atom stereocenters. The van der Waals surface area contributed by atoms with E-state index in [4.69, 9.17) is 14.2 Å². The third kappa shape index (κ3) is 5.06. The molecule has 0 aliphatic carbocycles. The van der Waals surface area contributed by atoms with Crippen LogP contribution in [0.15, 0.2) is 66.8 Å². The molecule has 0 radical (unpaired) electrons. The van der Waals surface area contributed by atoms with Crippen molar-refractivity contribution in [3.05, 3.63) is 77.9 Å². The highest BCUT2D eigenvalue weighted by Crippen LogP contribution is 2.25. The van der Waals surface area contributed by atoms with Crippen molar-refractivity contribution in [1.29, 1.82) is 0 Å². The van der Waals surface area contributed by atoms with Crippen LogP contribution in [-0.2, 0) is 0 Å². The van der Waals surface area contributed by atoms with Gasteiger partial charge in [-0.05, 0) is 35.9 Å². The molecule has 124 valence electrons. The molecule has 0 heterocycles. The fourth-order valence-electron chi connectivity index (χ4n) is 2.14. The predicted molar refractivity (Wildman–Crippen MR) is 99.7 cm³/mol. The molecular weight excluding hydrogens is 300 g/mol. The quantitative estimate of drug-likeness (QED) is 0.672. The van der Waals surface area contributed by atoms with Crippen LogP contribution in [-0.4, -0.2) is 21.3 Å². The third-order valence-corrected chi connectivity index (χ3v) is 3.45. The van der Waals surface area contributed by atoms with Gasteiger partial charge in [0.15, 0.2) is 0 Å². The van der Waals surface area contributed by atoms with E-state index in [0.29, 0.717) is 0 Å². The van der Waals surface area contributed by atoms with Gasteiger partial charge in [0.1, 0.15) is 17.2 Å². The van der Waals surface area contributed by atoms with Crippen LogP contribution >= 0.6 is 0 Å². The molecule has 0 saturated heterocycles. The highest BCUT2D eigenvalue weighted by Gasteiger charge is 2.00. The van der Waals surface area contributed by atoms with Crippen LogP contribution in [0.1, 0.15) is 11.1 Å². The van der Waals surface area contributed by atoms with Gasteiger partial charge in [-0.15, -0.1) is 0 Å². The smallest absolute Gasteiger partial charge is 0.126 e. The fraction of sp³-hybridized carbons (Fsp3) is 0.143. The number of ether oxygens (including phenoxy) is 3. The number of rotatable bonds is 7. The van der Waals surface area contributed by atoms with Gasteiger partial charge in [-0.1, -0.05) is 48.6 Å². The van der Waals surface area contributed by atoms with Crippen molar-refractivity contribution in [1.82, 2.24) is 0 Å². The number of allylic oxidation sites excluding steroid dienone is 4. The van der Waals surface area contributed by atoms with Crippen LogP contribution < -0.4 is 14.2 Å². The van der Waals surface area contributed by atoms with Gasteiger partial charge < -0.3 is 14.2 Å². The standard InChI is InChI=1S/C21H22O3/c1-22-19-12-10-17(11-13-19)8-6-4-5-7-9-18-16-20(23-2)14-15-21(18)24-3/h4-16H,1-3H3. The monoisotopic (exact) mass is 322 g/mol. The molecule has 24 heavy (non-hydrogen) atoms. The molecule has 2 rings (SSSR count). The second-order valence-corrected chi connectivity index (χ2v) is 4.98. The van der Waals surface area contributed by atoms with E-state index in [9.17, 15) is 0 Å². The Kier molecular flexibility index (Phi) is 6.72. The minimum Gasteiger partial charge on any atom is -0.497 e. The Morgan fingerprint density at radius 1 is 0.625 bits per heavy atom. The summed E-state index contributed by atoms with van der Waals surface area (Å²) in [5.74, 6) is 2.48. The summed E-state index contributed by atoms with van der Waals surface area (Å²) >= 11 is 0. The molecule has 3 heteroatoms. The zero-order valence-corrected chi connectivity index (χ0v) is 14.2. The van der Waals surface area contributed by atoms with E-state index in [0.717, 1.165) is 28.4 Å². The van der Waals surface area contributed by atoms with Crippen LogP contribution in [0.3, 0.4) is 0 Å². The fourth-order valence-corrected chi connectivity index (χ4v) is 2.14. The molecule has 0 aliphatic heterocycles. The molecule has 2 aromatic carbocycles. The Morgan fingerprint density at radius 2 is 1.25 bits per heavy atom. The number of hydrogen-bond acceptors (Lipinski definition) is 3. The predicted octanol–water partition coefficient (Wildman–Crippen LogP) is 5.00. The second-order valence-electron chi connectivity index (χ2n) is 4.98. The Morgan fingerprint density at radius 3 is 1.88 bits per heavy atom. The first-order chi connectivity index (χ1) is 11.8. The summed E-state index contributed by atoms with van der Waals surface area (Å²) in [5, 5.41) is 0. The average molecular weight is 322 g/mol. The molecule has 0 aromatic heterocycles. The van der Waals surface area contributed by atoms with E-state index in [2.05, 4.69) is 0 Å². The summed E-state index contributed by atoms with van der Waals surface area (Å²) in [5.41, 5.74) is 2.10. The van der Waals surface area contributed by atoms with Crippen molar-refractivity contribution < 1.29 is 14.2 Å². The molecule has 0 atom stereocenters. The highest BCUT2D eigenvalue weighted by molar-refractivity contribution is 5.61. The zero-order chi connectivity index (χ0) is 17.2. The van der Waals surface area contributed by atoms with Crippen molar-refractivity contribution in [3.8, 4) is 17.2 Å². The van der Waals surface area contributed by atoms with E-state index in [1.54, 1.807) is 21.3 Å². The minimum atomic E-state index is 0.804. The molecule has 0 bridgehead atoms. The number of methoxy groups -OCH3 is 3. The van der Waals surface area contributed by atoms with E-state index in [1.165, 1.54) is 0 Å². The maximum atomic E-state index is 5.34. The summed E-state index contributed by atoms with van der Waals surface area (Å²) in [6.07, 6.45) is 11.9. The van der Waals surface area contributed by atoms with Crippen molar-refractivity contribution in [3.63, 3.8) is 0 Å². The lowest BCUT2D eigenvalue weighted by Crippen LogP contribution is -1.89. The molecule has 0 fully saturated rings. The Labute approximate surface area is 143 Å². The van der Waals surface area contributed by atoms with Crippen molar-refractivity contribution in [2.45, 2.75) is 0 Å². The largest absolute Gasteiger partial charge is 0.497 e. The second kappa shape index (κ2) is 9.26. The summed E-state index contributed by atoms with van der Waals surface area (Å²) in [7, 11) is 4.98. The summed E-state index contributed by atoms with van der Waals surface area (Å²) < 4.78 is 15.7. The summed E-state index contributed by atoms with van der Waals surface area (Å²) in [4.78, 5) is 0. The number of benzene rings is 2. The maximum Gasteiger partial charge on any atom is 0.126 e. The molecule has 0 amide bonds. The molecule has 2 aromatic rings. The van der Waals surface area contributed by atoms with Crippen molar-refractivity contribution >= 4 is 12.2 Å². The lowest BCUT2D eigenvalue weighted by Gasteiger charge is -2.06. The van der Waals surface area contributed by atoms with Gasteiger partial charge in [0.25, 0.3) is 0 Å². The van der Waals surface area contributed by atoms with Gasteiger partial charge in [0.05, 0.1) is 21.3 Å². The third-order valence-electron chi connectivity index (χ3n) is 3.45. The lowest BCUT2D eigenvalue weighted by atomic mass is 10.1. The van der Waals surface area contributed by atoms with Gasteiger partial charge in [0.2, 0.25) is 0 Å². The van der Waals surface area contributed by atoms with Gasteiger partial charge in [-0.3, -0.25) is 0 Å². The van der Waals surface area contributed by atoms with E-state index >= 15 is 0 Å². The molecule has 0 spiro atoms. The first-order valence-corrected chi connectivity index (χ1v) is 7.64. The Hall–Kier alpha value is -2.94. The van der Waals surface area contributed by atoms with Crippen LogP contribution in [0, 0.1) is 0 Å². The van der Waals surface area contributed by atoms with Crippen LogP contribution in [0.2, 0.25) is 0 Å². The Bertz CT molecular complexity index is 725.